The van der Waals surface area contributed by atoms with E-state index in [1.807, 2.05) is 24.3 Å². The summed E-state index contributed by atoms with van der Waals surface area (Å²) in [4.78, 5) is 24.3. The number of carbonyl (C=O) groups excluding carboxylic acids is 1. The van der Waals surface area contributed by atoms with Gasteiger partial charge in [0.15, 0.2) is 0 Å². The van der Waals surface area contributed by atoms with E-state index in [2.05, 4.69) is 10.2 Å². The molecule has 0 spiro atoms. The highest BCUT2D eigenvalue weighted by molar-refractivity contribution is 7.15. The van der Waals surface area contributed by atoms with Gasteiger partial charge in [-0.05, 0) is 17.7 Å². The summed E-state index contributed by atoms with van der Waals surface area (Å²) >= 11 is 1.31. The first kappa shape index (κ1) is 15.4. The first-order chi connectivity index (χ1) is 11.1. The average molecular weight is 333 g/mol. The topological polar surface area (TPSA) is 92.6 Å². The summed E-state index contributed by atoms with van der Waals surface area (Å²) in [6.45, 7) is 0.158. The molecule has 120 valence electrons. The lowest BCUT2D eigenvalue weighted by atomic mass is 10.1. The number of aromatic nitrogens is 2. The Hall–Kier alpha value is -2.48. The molecule has 1 amide bonds. The van der Waals surface area contributed by atoms with E-state index in [-0.39, 0.29) is 18.9 Å². The third kappa shape index (κ3) is 3.31. The largest absolute Gasteiger partial charge is 0.497 e. The number of carboxylic acid groups (broad SMARTS) is 1. The van der Waals surface area contributed by atoms with Gasteiger partial charge in [0.2, 0.25) is 11.0 Å². The second-order valence-electron chi connectivity index (χ2n) is 5.25. The number of methoxy groups -OCH3 is 1. The van der Waals surface area contributed by atoms with Gasteiger partial charge in [-0.2, -0.15) is 0 Å². The van der Waals surface area contributed by atoms with E-state index in [1.54, 1.807) is 7.11 Å². The van der Waals surface area contributed by atoms with Crippen molar-refractivity contribution >= 4 is 28.3 Å². The van der Waals surface area contributed by atoms with E-state index < -0.39 is 11.9 Å². The van der Waals surface area contributed by atoms with Crippen LogP contribution in [0, 0.1) is 5.92 Å². The van der Waals surface area contributed by atoms with Crippen LogP contribution in [0.4, 0.5) is 5.13 Å². The van der Waals surface area contributed by atoms with Crippen LogP contribution in [0.1, 0.15) is 17.0 Å². The minimum atomic E-state index is -0.955. The molecule has 23 heavy (non-hydrogen) atoms. The Kier molecular flexibility index (Phi) is 4.24. The Labute approximate surface area is 136 Å². The van der Waals surface area contributed by atoms with Crippen LogP contribution < -0.4 is 9.64 Å². The number of amides is 1. The number of hydrogen-bond donors (Lipinski definition) is 1. The summed E-state index contributed by atoms with van der Waals surface area (Å²) in [5.41, 5.74) is 1.06. The maximum atomic E-state index is 11.9. The highest BCUT2D eigenvalue weighted by Crippen LogP contribution is 2.29. The lowest BCUT2D eigenvalue weighted by Crippen LogP contribution is -2.25. The molecule has 0 unspecified atom stereocenters. The minimum Gasteiger partial charge on any atom is -0.497 e. The van der Waals surface area contributed by atoms with Crippen molar-refractivity contribution in [3.05, 3.63) is 34.8 Å². The zero-order valence-corrected chi connectivity index (χ0v) is 13.2. The molecule has 1 fully saturated rings. The molecule has 0 radical (unpaired) electrons. The molecule has 0 aliphatic carbocycles. The minimum absolute atomic E-state index is 0.0166. The molecule has 8 heteroatoms. The van der Waals surface area contributed by atoms with Crippen molar-refractivity contribution in [3.8, 4) is 5.75 Å². The van der Waals surface area contributed by atoms with E-state index in [4.69, 9.17) is 9.84 Å². The molecule has 1 saturated heterocycles. The number of carboxylic acids is 1. The first-order valence-electron chi connectivity index (χ1n) is 7.05. The molecule has 1 N–H and O–H groups in total. The smallest absolute Gasteiger partial charge is 0.308 e. The SMILES string of the molecule is COc1ccc(Cc2nnc(N3C[C@@H](C(=O)O)CC3=O)s2)cc1. The first-order valence-corrected chi connectivity index (χ1v) is 7.87. The summed E-state index contributed by atoms with van der Waals surface area (Å²) in [7, 11) is 1.61. The predicted octanol–water partition coefficient (Wildman–Crippen LogP) is 1.57. The molecule has 1 aromatic carbocycles. The molecular formula is C15H15N3O4S. The summed E-state index contributed by atoms with van der Waals surface area (Å²) in [5, 5.41) is 18.4. The van der Waals surface area contributed by atoms with Crippen molar-refractivity contribution < 1.29 is 19.4 Å². The van der Waals surface area contributed by atoms with Crippen LogP contribution in [0.2, 0.25) is 0 Å². The van der Waals surface area contributed by atoms with Crippen LogP contribution in [-0.2, 0) is 16.0 Å². The number of ether oxygens (including phenoxy) is 1. The van der Waals surface area contributed by atoms with Gasteiger partial charge in [-0.15, -0.1) is 10.2 Å². The normalized spacial score (nSPS) is 17.5. The van der Waals surface area contributed by atoms with Crippen LogP contribution in [0.15, 0.2) is 24.3 Å². The number of nitrogens with zero attached hydrogens (tertiary/aromatic N) is 3. The summed E-state index contributed by atoms with van der Waals surface area (Å²) in [6.07, 6.45) is 0.620. The van der Waals surface area contributed by atoms with E-state index in [1.165, 1.54) is 16.2 Å². The number of rotatable bonds is 5. The Morgan fingerprint density at radius 2 is 2.13 bits per heavy atom. The maximum Gasteiger partial charge on any atom is 0.308 e. The van der Waals surface area contributed by atoms with Gasteiger partial charge >= 0.3 is 5.97 Å². The molecule has 2 heterocycles. The maximum absolute atomic E-state index is 11.9. The molecule has 1 aliphatic rings. The van der Waals surface area contributed by atoms with E-state index in [9.17, 15) is 9.59 Å². The van der Waals surface area contributed by atoms with Gasteiger partial charge in [-0.1, -0.05) is 23.5 Å². The van der Waals surface area contributed by atoms with Crippen molar-refractivity contribution in [2.24, 2.45) is 5.92 Å². The molecule has 2 aromatic rings. The molecule has 0 bridgehead atoms. The van der Waals surface area contributed by atoms with Gasteiger partial charge in [-0.3, -0.25) is 14.5 Å². The highest BCUT2D eigenvalue weighted by Gasteiger charge is 2.36. The number of aliphatic carboxylic acids is 1. The Morgan fingerprint density at radius 3 is 2.74 bits per heavy atom. The summed E-state index contributed by atoms with van der Waals surface area (Å²) in [6, 6.07) is 7.64. The van der Waals surface area contributed by atoms with Gasteiger partial charge in [0.25, 0.3) is 0 Å². The van der Waals surface area contributed by atoms with Gasteiger partial charge in [0.1, 0.15) is 10.8 Å². The fourth-order valence-electron chi connectivity index (χ4n) is 2.40. The van der Waals surface area contributed by atoms with Crippen LogP contribution in [-0.4, -0.2) is 40.8 Å². The van der Waals surface area contributed by atoms with Crippen molar-refractivity contribution in [3.63, 3.8) is 0 Å². The lowest BCUT2D eigenvalue weighted by molar-refractivity contribution is -0.141. The Bertz CT molecular complexity index is 729. The zero-order chi connectivity index (χ0) is 16.4. The summed E-state index contributed by atoms with van der Waals surface area (Å²) < 4.78 is 5.11. The fraction of sp³-hybridized carbons (Fsp3) is 0.333. The lowest BCUT2D eigenvalue weighted by Gasteiger charge is -2.10. The number of anilines is 1. The second kappa shape index (κ2) is 6.33. The van der Waals surface area contributed by atoms with Crippen molar-refractivity contribution in [1.82, 2.24) is 10.2 Å². The molecule has 1 aliphatic heterocycles. The van der Waals surface area contributed by atoms with Crippen molar-refractivity contribution in [2.45, 2.75) is 12.8 Å². The molecule has 3 rings (SSSR count). The molecule has 7 nitrogen and oxygen atoms in total. The van der Waals surface area contributed by atoms with E-state index >= 15 is 0 Å². The molecular weight excluding hydrogens is 318 g/mol. The second-order valence-corrected chi connectivity index (χ2v) is 6.29. The van der Waals surface area contributed by atoms with Crippen LogP contribution in [0.3, 0.4) is 0 Å². The number of hydrogen-bond acceptors (Lipinski definition) is 6. The van der Waals surface area contributed by atoms with E-state index in [0.717, 1.165) is 16.3 Å². The Balaban J connectivity index is 1.70. The van der Waals surface area contributed by atoms with Crippen LogP contribution in [0.5, 0.6) is 5.75 Å². The zero-order valence-electron chi connectivity index (χ0n) is 12.4. The van der Waals surface area contributed by atoms with Gasteiger partial charge in [-0.25, -0.2) is 0 Å². The Morgan fingerprint density at radius 1 is 1.39 bits per heavy atom. The predicted molar refractivity (Wildman–Crippen MR) is 83.8 cm³/mol. The fourth-order valence-corrected chi connectivity index (χ4v) is 3.30. The van der Waals surface area contributed by atoms with Crippen molar-refractivity contribution in [2.75, 3.05) is 18.6 Å². The monoisotopic (exact) mass is 333 g/mol. The number of benzene rings is 1. The van der Waals surface area contributed by atoms with Gasteiger partial charge in [0, 0.05) is 19.4 Å². The molecule has 1 atom stereocenters. The highest BCUT2D eigenvalue weighted by atomic mass is 32.1. The molecule has 1 aromatic heterocycles. The third-order valence-electron chi connectivity index (χ3n) is 3.68. The number of carbonyl (C=O) groups is 2. The molecule has 0 saturated carbocycles. The summed E-state index contributed by atoms with van der Waals surface area (Å²) in [5.74, 6) is -1.06. The van der Waals surface area contributed by atoms with Crippen molar-refractivity contribution in [1.29, 1.82) is 0 Å². The van der Waals surface area contributed by atoms with Gasteiger partial charge in [0.05, 0.1) is 13.0 Å². The third-order valence-corrected chi connectivity index (χ3v) is 4.62. The quantitative estimate of drug-likeness (QED) is 0.893. The van der Waals surface area contributed by atoms with E-state index in [0.29, 0.717) is 11.6 Å². The van der Waals surface area contributed by atoms with Gasteiger partial charge < -0.3 is 9.84 Å². The van der Waals surface area contributed by atoms with Crippen LogP contribution in [0.25, 0.3) is 0 Å². The van der Waals surface area contributed by atoms with Crippen LogP contribution >= 0.6 is 11.3 Å². The standard InChI is InChI=1S/C15H15N3O4S/c1-22-11-4-2-9(3-5-11)6-12-16-17-15(23-12)18-8-10(14(20)21)7-13(18)19/h2-5,10H,6-8H2,1H3,(H,20,21)/t10-/m0/s1. The average Bonchev–Trinajstić information content (AvgIpc) is 3.14.